The highest BCUT2D eigenvalue weighted by molar-refractivity contribution is 4.84. The second kappa shape index (κ2) is 4.28. The third-order valence-corrected chi connectivity index (χ3v) is 2.42. The Balaban J connectivity index is 1.94. The van der Waals surface area contributed by atoms with Gasteiger partial charge in [0.2, 0.25) is 5.89 Å². The number of hydrogen-bond acceptors (Lipinski definition) is 5. The van der Waals surface area contributed by atoms with Crippen molar-refractivity contribution in [1.82, 2.24) is 15.0 Å². The Kier molecular flexibility index (Phi) is 3.02. The molecule has 2 rings (SSSR count). The molecule has 15 heavy (non-hydrogen) atoms. The molecule has 1 aliphatic heterocycles. The summed E-state index contributed by atoms with van der Waals surface area (Å²) in [6, 6.07) is 0. The van der Waals surface area contributed by atoms with E-state index >= 15 is 0 Å². The first-order valence-corrected chi connectivity index (χ1v) is 5.30. The molecule has 1 saturated heterocycles. The summed E-state index contributed by atoms with van der Waals surface area (Å²) in [6.07, 6.45) is 0.551. The van der Waals surface area contributed by atoms with Crippen molar-refractivity contribution in [2.75, 3.05) is 13.1 Å². The first kappa shape index (κ1) is 10.6. The molecule has 0 saturated carbocycles. The van der Waals surface area contributed by atoms with E-state index in [0.717, 1.165) is 19.6 Å². The molecular formula is C10H17N3O2. The second-order valence-electron chi connectivity index (χ2n) is 4.19. The van der Waals surface area contributed by atoms with Gasteiger partial charge in [-0.15, -0.1) is 0 Å². The largest absolute Gasteiger partial charge is 0.373 e. The Morgan fingerprint density at radius 2 is 2.00 bits per heavy atom. The van der Waals surface area contributed by atoms with Crippen LogP contribution in [0.3, 0.4) is 0 Å². The van der Waals surface area contributed by atoms with Gasteiger partial charge in [0.15, 0.2) is 5.82 Å². The Morgan fingerprint density at radius 1 is 1.33 bits per heavy atom. The molecular weight excluding hydrogens is 194 g/mol. The Labute approximate surface area is 89.4 Å². The number of aryl methyl sites for hydroxylation is 1. The number of ether oxygens (including phenoxy) is 1. The van der Waals surface area contributed by atoms with Gasteiger partial charge in [0.1, 0.15) is 0 Å². The van der Waals surface area contributed by atoms with Crippen molar-refractivity contribution in [3.05, 3.63) is 11.7 Å². The van der Waals surface area contributed by atoms with E-state index in [4.69, 9.17) is 9.26 Å². The van der Waals surface area contributed by atoms with Gasteiger partial charge in [0, 0.05) is 13.1 Å². The molecule has 5 heteroatoms. The first-order valence-electron chi connectivity index (χ1n) is 5.30. The number of aromatic nitrogens is 2. The standard InChI is InChI=1S/C10H17N3O2/c1-7-4-13(5-8(2)14-7)6-10-11-9(3)12-15-10/h7-8H,4-6H2,1-3H3. The summed E-state index contributed by atoms with van der Waals surface area (Å²) in [5.74, 6) is 1.38. The van der Waals surface area contributed by atoms with E-state index in [9.17, 15) is 0 Å². The van der Waals surface area contributed by atoms with E-state index in [1.165, 1.54) is 0 Å². The summed E-state index contributed by atoms with van der Waals surface area (Å²) in [4.78, 5) is 6.48. The van der Waals surface area contributed by atoms with Crippen LogP contribution in [0.5, 0.6) is 0 Å². The summed E-state index contributed by atoms with van der Waals surface area (Å²) in [7, 11) is 0. The smallest absolute Gasteiger partial charge is 0.240 e. The highest BCUT2D eigenvalue weighted by Crippen LogP contribution is 2.13. The molecule has 0 radical (unpaired) electrons. The Morgan fingerprint density at radius 3 is 2.53 bits per heavy atom. The Bertz CT molecular complexity index is 316. The van der Waals surface area contributed by atoms with Gasteiger partial charge in [0.25, 0.3) is 0 Å². The van der Waals surface area contributed by atoms with Crippen LogP contribution >= 0.6 is 0 Å². The number of morpholine rings is 1. The molecule has 5 nitrogen and oxygen atoms in total. The van der Waals surface area contributed by atoms with E-state index in [1.54, 1.807) is 0 Å². The molecule has 0 aliphatic carbocycles. The monoisotopic (exact) mass is 211 g/mol. The fourth-order valence-corrected chi connectivity index (χ4v) is 2.01. The van der Waals surface area contributed by atoms with Crippen molar-refractivity contribution in [1.29, 1.82) is 0 Å². The van der Waals surface area contributed by atoms with Crippen LogP contribution in [0.15, 0.2) is 4.52 Å². The van der Waals surface area contributed by atoms with Crippen LogP contribution in [0, 0.1) is 6.92 Å². The minimum Gasteiger partial charge on any atom is -0.373 e. The molecule has 1 fully saturated rings. The summed E-state index contributed by atoms with van der Waals surface area (Å²) >= 11 is 0. The van der Waals surface area contributed by atoms with Crippen LogP contribution in [0.1, 0.15) is 25.6 Å². The summed E-state index contributed by atoms with van der Waals surface area (Å²) in [5, 5.41) is 3.78. The van der Waals surface area contributed by atoms with Gasteiger partial charge in [-0.2, -0.15) is 4.98 Å². The molecule has 1 aromatic rings. The van der Waals surface area contributed by atoms with Crippen LogP contribution in [-0.2, 0) is 11.3 Å². The SMILES string of the molecule is Cc1noc(CN2CC(C)OC(C)C2)n1. The lowest BCUT2D eigenvalue weighted by Crippen LogP contribution is -2.44. The number of nitrogens with zero attached hydrogens (tertiary/aromatic N) is 3. The summed E-state index contributed by atoms with van der Waals surface area (Å²) in [5.41, 5.74) is 0. The minimum atomic E-state index is 0.276. The summed E-state index contributed by atoms with van der Waals surface area (Å²) in [6.45, 7) is 8.57. The highest BCUT2D eigenvalue weighted by Gasteiger charge is 2.23. The predicted molar refractivity (Wildman–Crippen MR) is 54.3 cm³/mol. The average Bonchev–Trinajstić information content (AvgIpc) is 2.49. The maximum absolute atomic E-state index is 5.65. The normalized spacial score (nSPS) is 28.2. The fraction of sp³-hybridized carbons (Fsp3) is 0.800. The third-order valence-electron chi connectivity index (χ3n) is 2.42. The topological polar surface area (TPSA) is 51.4 Å². The highest BCUT2D eigenvalue weighted by atomic mass is 16.5. The molecule has 1 aromatic heterocycles. The zero-order valence-corrected chi connectivity index (χ0v) is 9.43. The molecule has 0 bridgehead atoms. The third kappa shape index (κ3) is 2.76. The van der Waals surface area contributed by atoms with E-state index in [1.807, 2.05) is 6.92 Å². The maximum atomic E-state index is 5.65. The van der Waals surface area contributed by atoms with Gasteiger partial charge in [-0.3, -0.25) is 4.90 Å². The average molecular weight is 211 g/mol. The molecule has 2 unspecified atom stereocenters. The van der Waals surface area contributed by atoms with Gasteiger partial charge < -0.3 is 9.26 Å². The molecule has 0 spiro atoms. The molecule has 1 aliphatic rings. The van der Waals surface area contributed by atoms with Gasteiger partial charge in [-0.25, -0.2) is 0 Å². The maximum Gasteiger partial charge on any atom is 0.240 e. The van der Waals surface area contributed by atoms with Crippen LogP contribution in [0.25, 0.3) is 0 Å². The molecule has 84 valence electrons. The van der Waals surface area contributed by atoms with Crippen molar-refractivity contribution >= 4 is 0 Å². The second-order valence-corrected chi connectivity index (χ2v) is 4.19. The van der Waals surface area contributed by atoms with Crippen LogP contribution in [0.2, 0.25) is 0 Å². The van der Waals surface area contributed by atoms with E-state index < -0.39 is 0 Å². The van der Waals surface area contributed by atoms with Gasteiger partial charge in [0.05, 0.1) is 18.8 Å². The van der Waals surface area contributed by atoms with Gasteiger partial charge >= 0.3 is 0 Å². The van der Waals surface area contributed by atoms with Gasteiger partial charge in [-0.1, -0.05) is 5.16 Å². The quantitative estimate of drug-likeness (QED) is 0.730. The van der Waals surface area contributed by atoms with Gasteiger partial charge in [-0.05, 0) is 20.8 Å². The van der Waals surface area contributed by atoms with E-state index in [0.29, 0.717) is 11.7 Å². The van der Waals surface area contributed by atoms with E-state index in [2.05, 4.69) is 28.9 Å². The number of rotatable bonds is 2. The van der Waals surface area contributed by atoms with Crippen molar-refractivity contribution in [2.45, 2.75) is 39.5 Å². The molecule has 0 N–H and O–H groups in total. The molecule has 0 aromatic carbocycles. The minimum absolute atomic E-state index is 0.276. The molecule has 2 atom stereocenters. The lowest BCUT2D eigenvalue weighted by Gasteiger charge is -2.34. The predicted octanol–water partition coefficient (Wildman–Crippen LogP) is 0.987. The molecule has 0 amide bonds. The Hall–Kier alpha value is -0.940. The van der Waals surface area contributed by atoms with Crippen LogP contribution in [-0.4, -0.2) is 40.3 Å². The zero-order chi connectivity index (χ0) is 10.8. The lowest BCUT2D eigenvalue weighted by molar-refractivity contribution is -0.0725. The fourth-order valence-electron chi connectivity index (χ4n) is 2.01. The van der Waals surface area contributed by atoms with E-state index in [-0.39, 0.29) is 12.2 Å². The van der Waals surface area contributed by atoms with Crippen molar-refractivity contribution in [3.63, 3.8) is 0 Å². The van der Waals surface area contributed by atoms with Crippen LogP contribution in [0.4, 0.5) is 0 Å². The van der Waals surface area contributed by atoms with Crippen molar-refractivity contribution in [2.24, 2.45) is 0 Å². The lowest BCUT2D eigenvalue weighted by atomic mass is 10.2. The molecule has 2 heterocycles. The first-order chi connectivity index (χ1) is 7.13. The number of hydrogen-bond donors (Lipinski definition) is 0. The van der Waals surface area contributed by atoms with Crippen molar-refractivity contribution < 1.29 is 9.26 Å². The van der Waals surface area contributed by atoms with Crippen LogP contribution < -0.4 is 0 Å². The van der Waals surface area contributed by atoms with Crippen molar-refractivity contribution in [3.8, 4) is 0 Å². The summed E-state index contributed by atoms with van der Waals surface area (Å²) < 4.78 is 10.7. The zero-order valence-electron chi connectivity index (χ0n) is 9.43.